The van der Waals surface area contributed by atoms with E-state index in [2.05, 4.69) is 10.3 Å². The summed E-state index contributed by atoms with van der Waals surface area (Å²) in [5.41, 5.74) is 1.36. The second-order valence-corrected chi connectivity index (χ2v) is 10.1. The number of hydrogen-bond donors (Lipinski definition) is 1. The van der Waals surface area contributed by atoms with E-state index in [-0.39, 0.29) is 24.1 Å². The molecule has 1 unspecified atom stereocenters. The van der Waals surface area contributed by atoms with Gasteiger partial charge in [-0.2, -0.15) is 0 Å². The lowest BCUT2D eigenvalue weighted by atomic mass is 10.2. The monoisotopic (exact) mass is 512 g/mol. The number of hydrogen-bond acceptors (Lipinski definition) is 7. The molecule has 10 heteroatoms. The van der Waals surface area contributed by atoms with Crippen LogP contribution in [0.1, 0.15) is 24.0 Å². The van der Waals surface area contributed by atoms with Gasteiger partial charge in [-0.1, -0.05) is 59.8 Å². The maximum atomic E-state index is 13.4. The number of amides is 1. The number of ether oxygens (including phenoxy) is 1. The molecule has 1 amide bonds. The van der Waals surface area contributed by atoms with Crippen molar-refractivity contribution in [2.24, 2.45) is 0 Å². The number of rotatable bonds is 6. The van der Waals surface area contributed by atoms with E-state index in [1.54, 1.807) is 30.5 Å². The minimum absolute atomic E-state index is 0.0673. The molecule has 5 rings (SSSR count). The van der Waals surface area contributed by atoms with Gasteiger partial charge < -0.3 is 10.1 Å². The first-order valence-corrected chi connectivity index (χ1v) is 12.5. The predicted octanol–water partition coefficient (Wildman–Crippen LogP) is 4.34. The number of anilines is 1. The highest BCUT2D eigenvalue weighted by atomic mass is 35.5. The molecule has 0 aliphatic carbocycles. The molecule has 34 heavy (non-hydrogen) atoms. The van der Waals surface area contributed by atoms with Crippen LogP contribution in [0.4, 0.5) is 5.82 Å². The van der Waals surface area contributed by atoms with E-state index in [4.69, 9.17) is 28.6 Å². The Morgan fingerprint density at radius 1 is 1.24 bits per heavy atom. The number of pyridine rings is 1. The van der Waals surface area contributed by atoms with Crippen LogP contribution in [0.25, 0.3) is 11.7 Å². The average molecular weight is 513 g/mol. The van der Waals surface area contributed by atoms with E-state index in [1.807, 2.05) is 24.3 Å². The third kappa shape index (κ3) is 4.61. The number of carbonyl (C=O) groups is 1. The zero-order chi connectivity index (χ0) is 23.7. The molecule has 0 spiro atoms. The van der Waals surface area contributed by atoms with Gasteiger partial charge in [-0.15, -0.1) is 0 Å². The summed E-state index contributed by atoms with van der Waals surface area (Å²) in [5.74, 6) is 0.153. The molecule has 1 atom stereocenters. The normalized spacial score (nSPS) is 19.5. The first-order valence-electron chi connectivity index (χ1n) is 10.9. The number of thioether (sulfide) groups is 1. The summed E-state index contributed by atoms with van der Waals surface area (Å²) >= 11 is 12.9. The minimum Gasteiger partial charge on any atom is -0.376 e. The van der Waals surface area contributed by atoms with Gasteiger partial charge in [0.2, 0.25) is 0 Å². The Kier molecular flexibility index (Phi) is 6.69. The zero-order valence-electron chi connectivity index (χ0n) is 18.1. The quantitative estimate of drug-likeness (QED) is 0.389. The van der Waals surface area contributed by atoms with Crippen LogP contribution in [0.5, 0.6) is 0 Å². The molecule has 0 radical (unpaired) electrons. The maximum Gasteiger partial charge on any atom is 0.267 e. The van der Waals surface area contributed by atoms with E-state index in [0.717, 1.165) is 25.0 Å². The topological polar surface area (TPSA) is 75.9 Å². The molecule has 2 aromatic heterocycles. The molecule has 4 heterocycles. The van der Waals surface area contributed by atoms with Crippen LogP contribution in [0, 0.1) is 0 Å². The highest BCUT2D eigenvalue weighted by Crippen LogP contribution is 2.35. The van der Waals surface area contributed by atoms with Crippen LogP contribution in [0.15, 0.2) is 58.4 Å². The van der Waals surface area contributed by atoms with Crippen LogP contribution in [0.2, 0.25) is 5.02 Å². The van der Waals surface area contributed by atoms with Crippen LogP contribution in [0.3, 0.4) is 0 Å². The van der Waals surface area contributed by atoms with E-state index in [9.17, 15) is 9.59 Å². The number of halogens is 1. The number of nitrogens with one attached hydrogen (secondary N) is 1. The summed E-state index contributed by atoms with van der Waals surface area (Å²) < 4.78 is 7.58. The van der Waals surface area contributed by atoms with Gasteiger partial charge >= 0.3 is 0 Å². The Balaban J connectivity index is 1.49. The summed E-state index contributed by atoms with van der Waals surface area (Å²) in [5, 5.41) is 3.84. The van der Waals surface area contributed by atoms with E-state index in [1.165, 1.54) is 21.1 Å². The lowest BCUT2D eigenvalue weighted by Crippen LogP contribution is -2.28. The minimum atomic E-state index is -0.267. The second-order valence-electron chi connectivity index (χ2n) is 7.98. The summed E-state index contributed by atoms with van der Waals surface area (Å²) in [6.07, 6.45) is 5.28. The molecule has 2 saturated heterocycles. The standard InChI is InChI=1S/C24H21ClN4O3S2/c25-18-8-2-1-6-15(18)14-29-23(31)19(34-24(29)33)12-17-21(26-13-16-7-5-11-32-16)27-20-9-3-4-10-28(20)22(17)30/h1-4,6,8-10,12,16,26H,5,7,11,13-14H2. The number of benzene rings is 1. The molecule has 1 aromatic carbocycles. The molecule has 3 aromatic rings. The Morgan fingerprint density at radius 3 is 2.85 bits per heavy atom. The molecule has 0 saturated carbocycles. The van der Waals surface area contributed by atoms with Crippen LogP contribution in [-0.4, -0.2) is 43.8 Å². The lowest BCUT2D eigenvalue weighted by molar-refractivity contribution is -0.122. The highest BCUT2D eigenvalue weighted by molar-refractivity contribution is 8.26. The van der Waals surface area contributed by atoms with Crippen molar-refractivity contribution in [2.45, 2.75) is 25.5 Å². The number of nitrogens with zero attached hydrogens (tertiary/aromatic N) is 3. The Hall–Kier alpha value is -2.72. The van der Waals surface area contributed by atoms with Crippen molar-refractivity contribution in [3.05, 3.63) is 80.1 Å². The van der Waals surface area contributed by atoms with Crippen molar-refractivity contribution >= 4 is 63.3 Å². The van der Waals surface area contributed by atoms with E-state index < -0.39 is 0 Å². The van der Waals surface area contributed by atoms with Crippen LogP contribution in [-0.2, 0) is 16.1 Å². The van der Waals surface area contributed by atoms with Crippen molar-refractivity contribution in [1.29, 1.82) is 0 Å². The van der Waals surface area contributed by atoms with Crippen molar-refractivity contribution in [3.63, 3.8) is 0 Å². The highest BCUT2D eigenvalue weighted by Gasteiger charge is 2.33. The van der Waals surface area contributed by atoms with Gasteiger partial charge in [0.25, 0.3) is 11.5 Å². The molecule has 1 N–H and O–H groups in total. The van der Waals surface area contributed by atoms with E-state index >= 15 is 0 Å². The molecule has 2 aliphatic heterocycles. The van der Waals surface area contributed by atoms with E-state index in [0.29, 0.717) is 37.8 Å². The average Bonchev–Trinajstić information content (AvgIpc) is 3.45. The first kappa shape index (κ1) is 23.0. The maximum absolute atomic E-state index is 13.4. The number of aromatic nitrogens is 2. The summed E-state index contributed by atoms with van der Waals surface area (Å²) in [7, 11) is 0. The van der Waals surface area contributed by atoms with Crippen molar-refractivity contribution in [1.82, 2.24) is 14.3 Å². The number of thiocarbonyl (C=S) groups is 1. The first-order chi connectivity index (χ1) is 16.5. The molecule has 2 aliphatic rings. The summed E-state index contributed by atoms with van der Waals surface area (Å²) in [6.45, 7) is 1.53. The number of fused-ring (bicyclic) bond motifs is 1. The predicted molar refractivity (Wildman–Crippen MR) is 139 cm³/mol. The third-order valence-corrected chi connectivity index (χ3v) is 7.47. The lowest BCUT2D eigenvalue weighted by Gasteiger charge is -2.15. The fraction of sp³-hybridized carbons (Fsp3) is 0.250. The molecular weight excluding hydrogens is 492 g/mol. The summed E-state index contributed by atoms with van der Waals surface area (Å²) in [6, 6.07) is 12.7. The van der Waals surface area contributed by atoms with Crippen LogP contribution < -0.4 is 10.9 Å². The summed E-state index contributed by atoms with van der Waals surface area (Å²) in [4.78, 5) is 33.1. The number of carbonyl (C=O) groups excluding carboxylic acids is 1. The fourth-order valence-corrected chi connectivity index (χ4v) is 5.38. The molecule has 2 fully saturated rings. The molecule has 7 nitrogen and oxygen atoms in total. The Labute approximate surface area is 210 Å². The largest absolute Gasteiger partial charge is 0.376 e. The van der Waals surface area contributed by atoms with Gasteiger partial charge in [0.15, 0.2) is 0 Å². The Bertz CT molecular complexity index is 1370. The van der Waals surface area contributed by atoms with Gasteiger partial charge in [-0.25, -0.2) is 4.98 Å². The fourth-order valence-electron chi connectivity index (χ4n) is 3.95. The second kappa shape index (κ2) is 9.87. The van der Waals surface area contributed by atoms with Gasteiger partial charge in [-0.3, -0.25) is 18.9 Å². The van der Waals surface area contributed by atoms with Gasteiger partial charge in [-0.05, 0) is 42.7 Å². The van der Waals surface area contributed by atoms with Gasteiger partial charge in [0, 0.05) is 24.4 Å². The van der Waals surface area contributed by atoms with Crippen LogP contribution >= 0.6 is 35.6 Å². The molecule has 0 bridgehead atoms. The van der Waals surface area contributed by atoms with Gasteiger partial charge in [0.05, 0.1) is 23.1 Å². The Morgan fingerprint density at radius 2 is 2.06 bits per heavy atom. The van der Waals surface area contributed by atoms with Crippen molar-refractivity contribution in [2.75, 3.05) is 18.5 Å². The van der Waals surface area contributed by atoms with Crippen molar-refractivity contribution < 1.29 is 9.53 Å². The smallest absolute Gasteiger partial charge is 0.267 e. The zero-order valence-corrected chi connectivity index (χ0v) is 20.5. The van der Waals surface area contributed by atoms with Crippen molar-refractivity contribution in [3.8, 4) is 0 Å². The molecular formula is C24H21ClN4O3S2. The third-order valence-electron chi connectivity index (χ3n) is 5.73. The molecule has 174 valence electrons. The van der Waals surface area contributed by atoms with Gasteiger partial charge in [0.1, 0.15) is 15.8 Å². The SMILES string of the molecule is O=C1C(=Cc2c(NCC3CCCO3)nc3ccccn3c2=O)SC(=S)N1Cc1ccccc1Cl.